The quantitative estimate of drug-likeness (QED) is 0.0773. The summed E-state index contributed by atoms with van der Waals surface area (Å²) in [5.74, 6) is -2.13. The lowest BCUT2D eigenvalue weighted by Crippen LogP contribution is -2.54. The van der Waals surface area contributed by atoms with Gasteiger partial charge in [-0.25, -0.2) is 0 Å². The van der Waals surface area contributed by atoms with E-state index in [0.29, 0.717) is 84.9 Å². The molecule has 0 bridgehead atoms. The van der Waals surface area contributed by atoms with Gasteiger partial charge in [0.1, 0.15) is 6.04 Å². The second-order valence-electron chi connectivity index (χ2n) is 12.8. The highest BCUT2D eigenvalue weighted by Gasteiger charge is 2.45. The number of carbonyl (C=O) groups is 4. The van der Waals surface area contributed by atoms with Gasteiger partial charge < -0.3 is 33.7 Å². The Labute approximate surface area is 303 Å². The first-order chi connectivity index (χ1) is 25.0. The van der Waals surface area contributed by atoms with Crippen LogP contribution in [-0.2, 0) is 38.0 Å². The Kier molecular flexibility index (Phi) is 22.3. The lowest BCUT2D eigenvalue weighted by Gasteiger charge is -2.27. The van der Waals surface area contributed by atoms with Crippen LogP contribution in [0, 0.1) is 0 Å². The molecule has 1 unspecified atom stereocenters. The van der Waals surface area contributed by atoms with Crippen molar-refractivity contribution < 1.29 is 47.6 Å². The number of hydrogen-bond donors (Lipinski definition) is 2. The summed E-state index contributed by atoms with van der Waals surface area (Å²) in [5, 5.41) is 5.35. The zero-order chi connectivity index (χ0) is 36.4. The van der Waals surface area contributed by atoms with Gasteiger partial charge in [-0.05, 0) is 25.0 Å². The van der Waals surface area contributed by atoms with E-state index in [4.69, 9.17) is 28.4 Å². The fourth-order valence-electron chi connectivity index (χ4n) is 5.99. The molecule has 3 rings (SSSR count). The van der Waals surface area contributed by atoms with Gasteiger partial charge in [-0.3, -0.25) is 29.4 Å². The van der Waals surface area contributed by atoms with Crippen molar-refractivity contribution in [1.29, 1.82) is 0 Å². The molecule has 288 valence electrons. The minimum atomic E-state index is -1.00. The van der Waals surface area contributed by atoms with E-state index >= 15 is 0 Å². The molecule has 0 radical (unpaired) electrons. The van der Waals surface area contributed by atoms with Gasteiger partial charge in [0.15, 0.2) is 0 Å². The van der Waals surface area contributed by atoms with Crippen LogP contribution in [0.15, 0.2) is 18.2 Å². The predicted octanol–water partition coefficient (Wildman–Crippen LogP) is 4.91. The number of nitrogens with one attached hydrogen (secondary N) is 2. The molecular formula is C38H61N3O10. The Morgan fingerprint density at radius 1 is 0.627 bits per heavy atom. The molecular weight excluding hydrogens is 658 g/mol. The van der Waals surface area contributed by atoms with Gasteiger partial charge in [0.2, 0.25) is 11.8 Å². The average Bonchev–Trinajstić information content (AvgIpc) is 3.38. The fourth-order valence-corrected chi connectivity index (χ4v) is 5.99. The van der Waals surface area contributed by atoms with Crippen molar-refractivity contribution in [1.82, 2.24) is 10.2 Å². The third-order valence-corrected chi connectivity index (χ3v) is 8.78. The number of piperidine rings is 1. The van der Waals surface area contributed by atoms with E-state index in [1.807, 2.05) is 0 Å². The molecule has 2 N–H and O–H groups in total. The van der Waals surface area contributed by atoms with Crippen LogP contribution >= 0.6 is 0 Å². The summed E-state index contributed by atoms with van der Waals surface area (Å²) in [6, 6.07) is 3.94. The van der Waals surface area contributed by atoms with Crippen LogP contribution in [0.3, 0.4) is 0 Å². The number of anilines is 1. The highest BCUT2D eigenvalue weighted by Crippen LogP contribution is 2.32. The zero-order valence-electron chi connectivity index (χ0n) is 30.7. The molecule has 0 aliphatic carbocycles. The Morgan fingerprint density at radius 2 is 1.12 bits per heavy atom. The lowest BCUT2D eigenvalue weighted by molar-refractivity contribution is -0.136. The third kappa shape index (κ3) is 16.5. The molecule has 51 heavy (non-hydrogen) atoms. The van der Waals surface area contributed by atoms with Crippen LogP contribution in [0.5, 0.6) is 0 Å². The number of rotatable bonds is 32. The molecule has 0 spiro atoms. The van der Waals surface area contributed by atoms with Gasteiger partial charge in [0, 0.05) is 25.3 Å². The summed E-state index contributed by atoms with van der Waals surface area (Å²) in [5.41, 5.74) is 0.941. The Hall–Kier alpha value is -2.94. The summed E-state index contributed by atoms with van der Waals surface area (Å²) in [6.45, 7) is 8.78. The summed E-state index contributed by atoms with van der Waals surface area (Å²) in [6.07, 6.45) is 14.9. The molecule has 1 fully saturated rings. The zero-order valence-corrected chi connectivity index (χ0v) is 30.7. The topological polar surface area (TPSA) is 151 Å². The van der Waals surface area contributed by atoms with E-state index in [1.165, 1.54) is 64.2 Å². The molecule has 4 amide bonds. The number of carbonyl (C=O) groups excluding carboxylic acids is 4. The Balaban J connectivity index is 1.05. The van der Waals surface area contributed by atoms with Crippen LogP contribution in [0.25, 0.3) is 0 Å². The van der Waals surface area contributed by atoms with Crippen molar-refractivity contribution in [3.8, 4) is 0 Å². The number of nitrogens with zero attached hydrogens (tertiary/aromatic N) is 1. The molecule has 0 aromatic heterocycles. The molecule has 1 saturated heterocycles. The molecule has 0 saturated carbocycles. The molecule has 1 aromatic rings. The van der Waals surface area contributed by atoms with Crippen molar-refractivity contribution in [2.24, 2.45) is 0 Å². The van der Waals surface area contributed by atoms with E-state index in [2.05, 4.69) is 17.6 Å². The fraction of sp³-hybridized carbons (Fsp3) is 0.737. The maximum Gasteiger partial charge on any atom is 0.264 e. The van der Waals surface area contributed by atoms with Gasteiger partial charge in [-0.1, -0.05) is 77.2 Å². The molecule has 2 heterocycles. The molecule has 13 nitrogen and oxygen atoms in total. The van der Waals surface area contributed by atoms with Crippen LogP contribution in [0.4, 0.5) is 5.69 Å². The van der Waals surface area contributed by atoms with Gasteiger partial charge in [-0.15, -0.1) is 0 Å². The Bertz CT molecular complexity index is 1170. The minimum Gasteiger partial charge on any atom is -0.382 e. The molecule has 1 aromatic carbocycles. The van der Waals surface area contributed by atoms with E-state index in [0.717, 1.165) is 17.9 Å². The number of imide groups is 2. The third-order valence-electron chi connectivity index (χ3n) is 8.78. The first-order valence-electron chi connectivity index (χ1n) is 19.1. The minimum absolute atomic E-state index is 0.0742. The highest BCUT2D eigenvalue weighted by atomic mass is 16.6. The molecule has 1 atom stereocenters. The van der Waals surface area contributed by atoms with Gasteiger partial charge in [0.05, 0.1) is 83.8 Å². The predicted molar refractivity (Wildman–Crippen MR) is 193 cm³/mol. The summed E-state index contributed by atoms with van der Waals surface area (Å²) < 4.78 is 33.4. The number of benzene rings is 1. The van der Waals surface area contributed by atoms with Crippen molar-refractivity contribution in [2.75, 3.05) is 91.1 Å². The van der Waals surface area contributed by atoms with Crippen molar-refractivity contribution >= 4 is 29.3 Å². The SMILES string of the molecule is CCCCCCCCCCCCCOCCOCCOCCOCCOCCOCCNc1cccc2c1C(=O)N(C1CCC(=O)NC1=O)C2=O. The smallest absolute Gasteiger partial charge is 0.264 e. The van der Waals surface area contributed by atoms with Crippen LogP contribution in [0.1, 0.15) is 111 Å². The highest BCUT2D eigenvalue weighted by molar-refractivity contribution is 6.25. The summed E-state index contributed by atoms with van der Waals surface area (Å²) in [4.78, 5) is 50.8. The summed E-state index contributed by atoms with van der Waals surface area (Å²) >= 11 is 0. The number of fused-ring (bicyclic) bond motifs is 1. The van der Waals surface area contributed by atoms with Crippen molar-refractivity contribution in [3.05, 3.63) is 29.3 Å². The second kappa shape index (κ2) is 26.8. The van der Waals surface area contributed by atoms with E-state index in [-0.39, 0.29) is 24.0 Å². The number of unbranched alkanes of at least 4 members (excludes halogenated alkanes) is 10. The van der Waals surface area contributed by atoms with Crippen LogP contribution in [-0.4, -0.2) is 120 Å². The molecule has 2 aliphatic rings. The van der Waals surface area contributed by atoms with E-state index in [1.54, 1.807) is 18.2 Å². The van der Waals surface area contributed by atoms with Gasteiger partial charge in [-0.2, -0.15) is 0 Å². The second-order valence-corrected chi connectivity index (χ2v) is 12.8. The number of hydrogen-bond acceptors (Lipinski definition) is 11. The van der Waals surface area contributed by atoms with Gasteiger partial charge >= 0.3 is 0 Å². The average molecular weight is 720 g/mol. The Morgan fingerprint density at radius 3 is 1.65 bits per heavy atom. The number of ether oxygens (including phenoxy) is 6. The van der Waals surface area contributed by atoms with Crippen LogP contribution < -0.4 is 10.6 Å². The monoisotopic (exact) mass is 719 g/mol. The maximum atomic E-state index is 13.1. The maximum absolute atomic E-state index is 13.1. The van der Waals surface area contributed by atoms with Crippen molar-refractivity contribution in [2.45, 2.75) is 96.4 Å². The van der Waals surface area contributed by atoms with Gasteiger partial charge in [0.25, 0.3) is 11.8 Å². The lowest BCUT2D eigenvalue weighted by atomic mass is 10.0. The molecule has 13 heteroatoms. The van der Waals surface area contributed by atoms with Crippen LogP contribution in [0.2, 0.25) is 0 Å². The van der Waals surface area contributed by atoms with E-state index < -0.39 is 29.7 Å². The largest absolute Gasteiger partial charge is 0.382 e. The number of amides is 4. The first-order valence-corrected chi connectivity index (χ1v) is 19.1. The summed E-state index contributed by atoms with van der Waals surface area (Å²) in [7, 11) is 0. The first kappa shape index (κ1) is 42.5. The molecule has 2 aliphatic heterocycles. The normalized spacial score (nSPS) is 15.9. The standard InChI is InChI=1S/C38H61N3O10/c1-2-3-4-5-6-7-8-9-10-11-12-19-46-21-23-48-25-27-50-29-30-51-28-26-49-24-22-47-20-18-39-32-15-13-14-31-35(32)38(45)41(37(31)44)33-16-17-34(42)40-36(33)43/h13-15,33,39H,2-12,16-30H2,1H3,(H,40,42,43). The van der Waals surface area contributed by atoms with Crippen molar-refractivity contribution in [3.63, 3.8) is 0 Å². The van der Waals surface area contributed by atoms with E-state index in [9.17, 15) is 19.2 Å².